The second-order valence-corrected chi connectivity index (χ2v) is 4.94. The van der Waals surface area contributed by atoms with Gasteiger partial charge in [-0.2, -0.15) is 0 Å². The van der Waals surface area contributed by atoms with E-state index < -0.39 is 29.7 Å². The molecular formula is C16H23NO6. The third kappa shape index (κ3) is 3.97. The summed E-state index contributed by atoms with van der Waals surface area (Å²) in [6.45, 7) is 7.06. The first-order chi connectivity index (χ1) is 10.9. The molecule has 7 nitrogen and oxygen atoms in total. The summed E-state index contributed by atoms with van der Waals surface area (Å²) in [5, 5.41) is 9.64. The molecule has 0 aromatic rings. The maximum atomic E-state index is 12.3. The van der Waals surface area contributed by atoms with Crippen LogP contribution in [0, 0.1) is 11.8 Å². The summed E-state index contributed by atoms with van der Waals surface area (Å²) >= 11 is 0. The van der Waals surface area contributed by atoms with Crippen molar-refractivity contribution in [2.45, 2.75) is 40.5 Å². The highest BCUT2D eigenvalue weighted by Crippen LogP contribution is 2.35. The predicted molar refractivity (Wildman–Crippen MR) is 82.9 cm³/mol. The van der Waals surface area contributed by atoms with Crippen molar-refractivity contribution in [3.63, 3.8) is 0 Å². The van der Waals surface area contributed by atoms with Crippen molar-refractivity contribution in [3.05, 3.63) is 11.3 Å². The number of ether oxygens (including phenoxy) is 2. The number of aliphatic carboxylic acids is 1. The Balaban J connectivity index is 3.48. The molecule has 1 aliphatic rings. The minimum Gasteiger partial charge on any atom is -0.481 e. The molecule has 0 aromatic heterocycles. The summed E-state index contributed by atoms with van der Waals surface area (Å²) < 4.78 is 9.96. The van der Waals surface area contributed by atoms with Gasteiger partial charge in [0.2, 0.25) is 0 Å². The Kier molecular flexibility index (Phi) is 6.93. The molecule has 0 spiro atoms. The van der Waals surface area contributed by atoms with Crippen molar-refractivity contribution < 1.29 is 29.0 Å². The van der Waals surface area contributed by atoms with Crippen LogP contribution in [-0.2, 0) is 23.9 Å². The summed E-state index contributed by atoms with van der Waals surface area (Å²) in [5.41, 5.74) is 0.714. The number of hydrogen-bond donors (Lipinski definition) is 1. The first-order valence-corrected chi connectivity index (χ1v) is 7.79. The molecule has 7 heteroatoms. The van der Waals surface area contributed by atoms with Gasteiger partial charge in [-0.05, 0) is 26.7 Å². The molecule has 2 atom stereocenters. The number of esters is 2. The Labute approximate surface area is 135 Å². The minimum atomic E-state index is -1.34. The van der Waals surface area contributed by atoms with Crippen LogP contribution in [0.2, 0.25) is 0 Å². The quantitative estimate of drug-likeness (QED) is 0.718. The zero-order valence-corrected chi connectivity index (χ0v) is 13.9. The average Bonchev–Trinajstić information content (AvgIpc) is 2.52. The molecule has 128 valence electrons. The van der Waals surface area contributed by atoms with Gasteiger partial charge in [0.15, 0.2) is 0 Å². The molecule has 0 aliphatic carbocycles. The molecule has 0 bridgehead atoms. The van der Waals surface area contributed by atoms with Crippen LogP contribution in [0.3, 0.4) is 0 Å². The van der Waals surface area contributed by atoms with Gasteiger partial charge >= 0.3 is 17.9 Å². The second-order valence-electron chi connectivity index (χ2n) is 4.94. The van der Waals surface area contributed by atoms with Crippen LogP contribution in [0.1, 0.15) is 40.5 Å². The summed E-state index contributed by atoms with van der Waals surface area (Å²) in [6, 6.07) is 0. The summed E-state index contributed by atoms with van der Waals surface area (Å²) in [6.07, 6.45) is 0.768. The van der Waals surface area contributed by atoms with Crippen LogP contribution in [-0.4, -0.2) is 41.9 Å². The maximum Gasteiger partial charge on any atom is 0.336 e. The first-order valence-electron chi connectivity index (χ1n) is 7.79. The molecule has 0 amide bonds. The highest BCUT2D eigenvalue weighted by Gasteiger charge is 2.46. The van der Waals surface area contributed by atoms with Crippen molar-refractivity contribution in [2.24, 2.45) is 16.8 Å². The monoisotopic (exact) mass is 325 g/mol. The molecule has 1 rings (SSSR count). The van der Waals surface area contributed by atoms with Gasteiger partial charge in [-0.3, -0.25) is 14.6 Å². The van der Waals surface area contributed by atoms with Gasteiger partial charge in [0.25, 0.3) is 0 Å². The smallest absolute Gasteiger partial charge is 0.336 e. The molecule has 23 heavy (non-hydrogen) atoms. The van der Waals surface area contributed by atoms with Crippen LogP contribution in [0.15, 0.2) is 16.3 Å². The fraction of sp³-hybridized carbons (Fsp3) is 0.625. The number of allylic oxidation sites excluding steroid dienone is 1. The zero-order chi connectivity index (χ0) is 17.6. The largest absolute Gasteiger partial charge is 0.481 e. The number of carboxylic acids is 1. The predicted octanol–water partition coefficient (Wildman–Crippen LogP) is 1.96. The molecule has 0 saturated heterocycles. The van der Waals surface area contributed by atoms with Gasteiger partial charge in [-0.1, -0.05) is 13.8 Å². The van der Waals surface area contributed by atoms with E-state index in [0.717, 1.165) is 0 Å². The van der Waals surface area contributed by atoms with Crippen LogP contribution >= 0.6 is 0 Å². The second kappa shape index (κ2) is 8.45. The normalized spacial score (nSPS) is 20.8. The molecule has 1 unspecified atom stereocenters. The third-order valence-electron chi connectivity index (χ3n) is 3.59. The molecule has 0 radical (unpaired) electrons. The summed E-state index contributed by atoms with van der Waals surface area (Å²) in [4.78, 5) is 40.7. The third-order valence-corrected chi connectivity index (χ3v) is 3.59. The minimum absolute atomic E-state index is 0.0582. The number of hydrogen-bond acceptors (Lipinski definition) is 6. The number of aliphatic imine (C=N–C) groups is 1. The van der Waals surface area contributed by atoms with Gasteiger partial charge in [0.1, 0.15) is 11.8 Å². The van der Waals surface area contributed by atoms with Crippen LogP contribution in [0.5, 0.6) is 0 Å². The van der Waals surface area contributed by atoms with E-state index in [1.165, 1.54) is 0 Å². The lowest BCUT2D eigenvalue weighted by Gasteiger charge is -2.29. The molecule has 0 fully saturated rings. The van der Waals surface area contributed by atoms with Gasteiger partial charge in [-0.15, -0.1) is 0 Å². The van der Waals surface area contributed by atoms with Crippen molar-refractivity contribution in [1.82, 2.24) is 0 Å². The molecule has 1 heterocycles. The highest BCUT2D eigenvalue weighted by molar-refractivity contribution is 6.10. The Bertz CT molecular complexity index is 549. The number of nitrogens with zero attached hydrogens (tertiary/aromatic N) is 1. The lowest BCUT2D eigenvalue weighted by molar-refractivity contribution is -0.155. The Hall–Kier alpha value is -2.18. The lowest BCUT2D eigenvalue weighted by Crippen LogP contribution is -2.42. The fourth-order valence-corrected chi connectivity index (χ4v) is 2.63. The summed E-state index contributed by atoms with van der Waals surface area (Å²) in [7, 11) is 0. The SMILES string of the molecule is CCOC(=O)C1=C(CC)N=C(CC)C(C(=O)OCC)[C@@H]1C(=O)O. The Morgan fingerprint density at radius 3 is 2.04 bits per heavy atom. The van der Waals surface area contributed by atoms with Crippen LogP contribution in [0.25, 0.3) is 0 Å². The van der Waals surface area contributed by atoms with E-state index >= 15 is 0 Å². The average molecular weight is 325 g/mol. The van der Waals surface area contributed by atoms with E-state index in [0.29, 0.717) is 24.3 Å². The Morgan fingerprint density at radius 2 is 1.61 bits per heavy atom. The fourth-order valence-electron chi connectivity index (χ4n) is 2.63. The van der Waals surface area contributed by atoms with Gasteiger partial charge in [-0.25, -0.2) is 4.79 Å². The number of rotatable bonds is 7. The van der Waals surface area contributed by atoms with E-state index in [1.54, 1.807) is 27.7 Å². The van der Waals surface area contributed by atoms with Gasteiger partial charge < -0.3 is 14.6 Å². The maximum absolute atomic E-state index is 12.3. The van der Waals surface area contributed by atoms with E-state index in [2.05, 4.69) is 4.99 Å². The number of carboxylic acid groups (broad SMARTS) is 1. The van der Waals surface area contributed by atoms with Crippen molar-refractivity contribution in [1.29, 1.82) is 0 Å². The van der Waals surface area contributed by atoms with Crippen molar-refractivity contribution in [3.8, 4) is 0 Å². The summed E-state index contributed by atoms with van der Waals surface area (Å²) in [5.74, 6) is -5.14. The lowest BCUT2D eigenvalue weighted by atomic mass is 9.78. The molecule has 0 aromatic carbocycles. The molecule has 0 saturated carbocycles. The van der Waals surface area contributed by atoms with Crippen LogP contribution in [0.4, 0.5) is 0 Å². The molecule has 1 aliphatic heterocycles. The van der Waals surface area contributed by atoms with E-state index in [9.17, 15) is 19.5 Å². The van der Waals surface area contributed by atoms with Gasteiger partial charge in [0, 0.05) is 5.71 Å². The first kappa shape index (κ1) is 18.9. The number of carbonyl (C=O) groups is 3. The van der Waals surface area contributed by atoms with E-state index in [1.807, 2.05) is 0 Å². The standard InChI is InChI=1S/C16H23NO6/c1-5-9-11(15(20)22-7-3)13(14(18)19)12(10(6-2)17-9)16(21)23-8-4/h11,13H,5-8H2,1-4H3,(H,18,19)/t11?,13-/m0/s1. The van der Waals surface area contributed by atoms with Crippen molar-refractivity contribution >= 4 is 23.6 Å². The van der Waals surface area contributed by atoms with E-state index in [4.69, 9.17) is 9.47 Å². The van der Waals surface area contributed by atoms with Crippen LogP contribution < -0.4 is 0 Å². The molecular weight excluding hydrogens is 302 g/mol. The Morgan fingerprint density at radius 1 is 1.00 bits per heavy atom. The topological polar surface area (TPSA) is 102 Å². The molecule has 1 N–H and O–H groups in total. The van der Waals surface area contributed by atoms with Crippen molar-refractivity contribution in [2.75, 3.05) is 13.2 Å². The highest BCUT2D eigenvalue weighted by atomic mass is 16.5. The zero-order valence-electron chi connectivity index (χ0n) is 13.9. The van der Waals surface area contributed by atoms with Gasteiger partial charge in [0.05, 0.1) is 24.5 Å². The number of carbonyl (C=O) groups excluding carboxylic acids is 2. The van der Waals surface area contributed by atoms with E-state index in [-0.39, 0.29) is 18.8 Å².